The molecular formula is C14H15N3S2. The van der Waals surface area contributed by atoms with E-state index in [-0.39, 0.29) is 0 Å². The van der Waals surface area contributed by atoms with Gasteiger partial charge in [-0.1, -0.05) is 24.3 Å². The molecule has 0 amide bonds. The summed E-state index contributed by atoms with van der Waals surface area (Å²) in [6.07, 6.45) is 1.06. The molecule has 0 spiro atoms. The van der Waals surface area contributed by atoms with Crippen LogP contribution in [0, 0.1) is 6.92 Å². The number of aromatic nitrogens is 2. The lowest BCUT2D eigenvalue weighted by Crippen LogP contribution is -1.98. The highest BCUT2D eigenvalue weighted by atomic mass is 32.1. The molecule has 0 aliphatic carbocycles. The summed E-state index contributed by atoms with van der Waals surface area (Å²) in [6.45, 7) is 4.94. The van der Waals surface area contributed by atoms with Gasteiger partial charge in [0.15, 0.2) is 5.13 Å². The second kappa shape index (κ2) is 5.27. The first kappa shape index (κ1) is 12.6. The minimum Gasteiger partial charge on any atom is -0.356 e. The fourth-order valence-corrected chi connectivity index (χ4v) is 3.46. The van der Waals surface area contributed by atoms with Crippen LogP contribution in [-0.4, -0.2) is 9.97 Å². The Kier molecular flexibility index (Phi) is 3.48. The van der Waals surface area contributed by atoms with Crippen molar-refractivity contribution in [3.8, 4) is 0 Å². The summed E-state index contributed by atoms with van der Waals surface area (Å²) in [4.78, 5) is 9.03. The van der Waals surface area contributed by atoms with Crippen molar-refractivity contribution in [1.29, 1.82) is 0 Å². The van der Waals surface area contributed by atoms with Gasteiger partial charge < -0.3 is 5.32 Å². The zero-order valence-corrected chi connectivity index (χ0v) is 12.6. The maximum Gasteiger partial charge on any atom is 0.184 e. The van der Waals surface area contributed by atoms with Gasteiger partial charge in [-0.05, 0) is 31.0 Å². The van der Waals surface area contributed by atoms with Crippen LogP contribution in [-0.2, 0) is 13.0 Å². The maximum atomic E-state index is 4.59. The van der Waals surface area contributed by atoms with Crippen LogP contribution in [0.2, 0.25) is 0 Å². The van der Waals surface area contributed by atoms with Crippen molar-refractivity contribution >= 4 is 38.0 Å². The van der Waals surface area contributed by atoms with Crippen molar-refractivity contribution in [3.63, 3.8) is 0 Å². The molecule has 2 aromatic heterocycles. The summed E-state index contributed by atoms with van der Waals surface area (Å²) in [7, 11) is 0. The summed E-state index contributed by atoms with van der Waals surface area (Å²) in [6, 6.07) is 6.48. The number of fused-ring (bicyclic) bond motifs is 1. The van der Waals surface area contributed by atoms with Crippen LogP contribution < -0.4 is 5.32 Å². The Morgan fingerprint density at radius 1 is 1.26 bits per heavy atom. The predicted octanol–water partition coefficient (Wildman–Crippen LogP) is 4.24. The third kappa shape index (κ3) is 2.77. The lowest BCUT2D eigenvalue weighted by molar-refractivity contribution is 1.05. The Morgan fingerprint density at radius 3 is 2.89 bits per heavy atom. The Bertz CT molecular complexity index is 700. The maximum absolute atomic E-state index is 4.59. The molecular weight excluding hydrogens is 274 g/mol. The van der Waals surface area contributed by atoms with E-state index in [9.17, 15) is 0 Å². The van der Waals surface area contributed by atoms with Crippen molar-refractivity contribution < 1.29 is 0 Å². The Labute approximate surface area is 120 Å². The summed E-state index contributed by atoms with van der Waals surface area (Å²) in [5.41, 5.74) is 3.51. The predicted molar refractivity (Wildman–Crippen MR) is 83.2 cm³/mol. The van der Waals surface area contributed by atoms with Gasteiger partial charge in [0.25, 0.3) is 0 Å². The van der Waals surface area contributed by atoms with Crippen LogP contribution in [0.1, 0.15) is 23.2 Å². The van der Waals surface area contributed by atoms with Crippen LogP contribution >= 0.6 is 22.7 Å². The topological polar surface area (TPSA) is 37.8 Å². The monoisotopic (exact) mass is 289 g/mol. The lowest BCUT2D eigenvalue weighted by Gasteiger charge is -1.97. The average molecular weight is 289 g/mol. The number of nitrogens with zero attached hydrogens (tertiary/aromatic N) is 2. The van der Waals surface area contributed by atoms with Crippen molar-refractivity contribution in [2.45, 2.75) is 26.8 Å². The molecule has 0 saturated carbocycles. The van der Waals surface area contributed by atoms with Crippen LogP contribution in [0.5, 0.6) is 0 Å². The molecule has 3 nitrogen and oxygen atoms in total. The molecule has 5 heteroatoms. The molecule has 98 valence electrons. The fourth-order valence-electron chi connectivity index (χ4n) is 1.92. The van der Waals surface area contributed by atoms with E-state index < -0.39 is 0 Å². The highest BCUT2D eigenvalue weighted by Crippen LogP contribution is 2.27. The molecule has 0 unspecified atom stereocenters. The van der Waals surface area contributed by atoms with Crippen molar-refractivity contribution in [2.75, 3.05) is 5.32 Å². The van der Waals surface area contributed by atoms with E-state index in [0.717, 1.165) is 34.3 Å². The minimum atomic E-state index is 0.741. The fraction of sp³-hybridized carbons (Fsp3) is 0.286. The normalized spacial score (nSPS) is 11.1. The molecule has 0 aliphatic rings. The summed E-state index contributed by atoms with van der Waals surface area (Å²) in [5, 5.41) is 7.51. The molecule has 0 atom stereocenters. The van der Waals surface area contributed by atoms with Gasteiger partial charge in [-0.2, -0.15) is 0 Å². The standard InChI is InChI=1S/C14H15N3S2/c1-3-10-4-5-12-13(6-10)19-14(17-12)15-7-11-8-18-9(2)16-11/h4-6,8H,3,7H2,1-2H3,(H,15,17). The third-order valence-electron chi connectivity index (χ3n) is 2.95. The molecule has 0 saturated heterocycles. The quantitative estimate of drug-likeness (QED) is 0.781. The van der Waals surface area contributed by atoms with E-state index in [1.807, 2.05) is 6.92 Å². The van der Waals surface area contributed by atoms with Crippen molar-refractivity contribution in [2.24, 2.45) is 0 Å². The van der Waals surface area contributed by atoms with Gasteiger partial charge in [0, 0.05) is 5.38 Å². The molecule has 3 aromatic rings. The second-order valence-electron chi connectivity index (χ2n) is 4.39. The summed E-state index contributed by atoms with van der Waals surface area (Å²) in [5.74, 6) is 0. The van der Waals surface area contributed by atoms with E-state index >= 15 is 0 Å². The molecule has 0 fully saturated rings. The minimum absolute atomic E-state index is 0.741. The van der Waals surface area contributed by atoms with Gasteiger partial charge in [0.2, 0.25) is 0 Å². The number of hydrogen-bond donors (Lipinski definition) is 1. The van der Waals surface area contributed by atoms with Gasteiger partial charge >= 0.3 is 0 Å². The highest BCUT2D eigenvalue weighted by molar-refractivity contribution is 7.22. The van der Waals surface area contributed by atoms with Gasteiger partial charge in [0.1, 0.15) is 0 Å². The first-order chi connectivity index (χ1) is 9.24. The lowest BCUT2D eigenvalue weighted by atomic mass is 10.2. The van der Waals surface area contributed by atoms with E-state index in [1.54, 1.807) is 22.7 Å². The van der Waals surface area contributed by atoms with Crippen LogP contribution in [0.3, 0.4) is 0 Å². The van der Waals surface area contributed by atoms with Crippen molar-refractivity contribution in [3.05, 3.63) is 39.8 Å². The first-order valence-electron chi connectivity index (χ1n) is 6.29. The van der Waals surface area contributed by atoms with E-state index in [1.165, 1.54) is 10.3 Å². The van der Waals surface area contributed by atoms with Gasteiger partial charge in [-0.3, -0.25) is 0 Å². The molecule has 1 N–H and O–H groups in total. The summed E-state index contributed by atoms with van der Waals surface area (Å²) >= 11 is 3.39. The first-order valence-corrected chi connectivity index (χ1v) is 7.98. The molecule has 0 bridgehead atoms. The molecule has 2 heterocycles. The Balaban J connectivity index is 1.77. The largest absolute Gasteiger partial charge is 0.356 e. The number of hydrogen-bond acceptors (Lipinski definition) is 5. The van der Waals surface area contributed by atoms with Crippen molar-refractivity contribution in [1.82, 2.24) is 9.97 Å². The zero-order valence-electron chi connectivity index (χ0n) is 10.9. The van der Waals surface area contributed by atoms with E-state index in [4.69, 9.17) is 0 Å². The Morgan fingerprint density at radius 2 is 2.16 bits per heavy atom. The van der Waals surface area contributed by atoms with Crippen LogP contribution in [0.4, 0.5) is 5.13 Å². The van der Waals surface area contributed by atoms with Gasteiger partial charge in [0.05, 0.1) is 27.5 Å². The molecule has 19 heavy (non-hydrogen) atoms. The Hall–Kier alpha value is -1.46. The van der Waals surface area contributed by atoms with Gasteiger partial charge in [-0.25, -0.2) is 9.97 Å². The molecule has 1 aromatic carbocycles. The second-order valence-corrected chi connectivity index (χ2v) is 6.48. The number of nitrogens with one attached hydrogen (secondary N) is 1. The SMILES string of the molecule is CCc1ccc2nc(NCc3csc(C)n3)sc2c1. The number of benzene rings is 1. The highest BCUT2D eigenvalue weighted by Gasteiger charge is 2.05. The number of anilines is 1. The smallest absolute Gasteiger partial charge is 0.184 e. The zero-order chi connectivity index (χ0) is 13.2. The average Bonchev–Trinajstić information content (AvgIpc) is 3.01. The number of aryl methyl sites for hydroxylation is 2. The van der Waals surface area contributed by atoms with Crippen LogP contribution in [0.25, 0.3) is 10.2 Å². The van der Waals surface area contributed by atoms with Crippen LogP contribution in [0.15, 0.2) is 23.6 Å². The number of thiazole rings is 2. The van der Waals surface area contributed by atoms with E-state index in [0.29, 0.717) is 0 Å². The number of rotatable bonds is 4. The van der Waals surface area contributed by atoms with E-state index in [2.05, 4.69) is 45.8 Å². The molecule has 0 aliphatic heterocycles. The molecule has 3 rings (SSSR count). The van der Waals surface area contributed by atoms with Gasteiger partial charge in [-0.15, -0.1) is 11.3 Å². The third-order valence-corrected chi connectivity index (χ3v) is 4.75. The summed E-state index contributed by atoms with van der Waals surface area (Å²) < 4.78 is 1.25. The molecule has 0 radical (unpaired) electrons.